The van der Waals surface area contributed by atoms with E-state index in [0.29, 0.717) is 23.9 Å². The van der Waals surface area contributed by atoms with Crippen molar-refractivity contribution in [2.45, 2.75) is 23.8 Å². The van der Waals surface area contributed by atoms with Crippen LogP contribution in [0.25, 0.3) is 10.9 Å². The Morgan fingerprint density at radius 1 is 1.33 bits per heavy atom. The van der Waals surface area contributed by atoms with E-state index in [9.17, 15) is 8.42 Å². The van der Waals surface area contributed by atoms with Crippen LogP contribution in [0.3, 0.4) is 0 Å². The molecule has 0 radical (unpaired) electrons. The van der Waals surface area contributed by atoms with Gasteiger partial charge in [0.25, 0.3) is 0 Å². The van der Waals surface area contributed by atoms with Gasteiger partial charge in [0.1, 0.15) is 0 Å². The molecule has 0 spiro atoms. The molecule has 2 N–H and O–H groups in total. The van der Waals surface area contributed by atoms with E-state index in [2.05, 4.69) is 4.98 Å². The van der Waals surface area contributed by atoms with Gasteiger partial charge in [0.15, 0.2) is 0 Å². The maximum absolute atomic E-state index is 12.9. The van der Waals surface area contributed by atoms with Crippen molar-refractivity contribution in [2.75, 3.05) is 6.54 Å². The number of benzene rings is 1. The van der Waals surface area contributed by atoms with Crippen LogP contribution in [0.5, 0.6) is 0 Å². The lowest BCUT2D eigenvalue weighted by Gasteiger charge is -2.23. The van der Waals surface area contributed by atoms with Gasteiger partial charge in [0.05, 0.1) is 21.4 Å². The monoisotopic (exact) mass is 321 g/mol. The van der Waals surface area contributed by atoms with Crippen molar-refractivity contribution in [3.8, 4) is 0 Å². The predicted octanol–water partition coefficient (Wildman–Crippen LogP) is 1.67. The fraction of sp³-hybridized carbons (Fsp3) is 0.286. The Kier molecular flexibility index (Phi) is 3.64. The van der Waals surface area contributed by atoms with Crippen LogP contribution in [0.1, 0.15) is 12.8 Å². The van der Waals surface area contributed by atoms with Crippen molar-refractivity contribution in [3.63, 3.8) is 0 Å². The van der Waals surface area contributed by atoms with E-state index in [4.69, 9.17) is 18.0 Å². The number of hydrogen-bond donors (Lipinski definition) is 1. The first-order chi connectivity index (χ1) is 10.0. The molecule has 7 heteroatoms. The van der Waals surface area contributed by atoms with Crippen LogP contribution < -0.4 is 5.73 Å². The zero-order valence-corrected chi connectivity index (χ0v) is 12.9. The Bertz CT molecular complexity index is 799. The van der Waals surface area contributed by atoms with E-state index in [1.165, 1.54) is 4.31 Å². The Labute approximate surface area is 128 Å². The highest BCUT2D eigenvalue weighted by atomic mass is 32.2. The summed E-state index contributed by atoms with van der Waals surface area (Å²) >= 11 is 5.01. The molecule has 110 valence electrons. The number of fused-ring (bicyclic) bond motifs is 1. The summed E-state index contributed by atoms with van der Waals surface area (Å²) in [6, 6.07) is 8.21. The normalized spacial score (nSPS) is 19.9. The average molecular weight is 321 g/mol. The van der Waals surface area contributed by atoms with Gasteiger partial charge in [-0.1, -0.05) is 18.3 Å². The number of thiocarbonyl (C=S) groups is 1. The van der Waals surface area contributed by atoms with Gasteiger partial charge in [-0.3, -0.25) is 4.98 Å². The molecule has 0 saturated carbocycles. The molecule has 5 nitrogen and oxygen atoms in total. The summed E-state index contributed by atoms with van der Waals surface area (Å²) in [6.07, 6.45) is 3.09. The van der Waals surface area contributed by atoms with Crippen molar-refractivity contribution >= 4 is 38.1 Å². The number of nitrogens with two attached hydrogens (primary N) is 1. The number of aromatic nitrogens is 1. The van der Waals surface area contributed by atoms with Gasteiger partial charge < -0.3 is 5.73 Å². The largest absolute Gasteiger partial charge is 0.392 e. The molecule has 1 aliphatic heterocycles. The third-order valence-electron chi connectivity index (χ3n) is 3.72. The summed E-state index contributed by atoms with van der Waals surface area (Å²) in [5, 5.41) is 0.619. The van der Waals surface area contributed by atoms with E-state index < -0.39 is 16.1 Å². The van der Waals surface area contributed by atoms with Gasteiger partial charge in [-0.2, -0.15) is 4.31 Å². The SMILES string of the molecule is NC(=S)C1CCCN1S(=O)(=O)c1cccc2ncccc12. The molecule has 2 aromatic rings. The molecule has 3 rings (SSSR count). The highest BCUT2D eigenvalue weighted by molar-refractivity contribution is 7.89. The molecule has 0 aliphatic carbocycles. The predicted molar refractivity (Wildman–Crippen MR) is 85.4 cm³/mol. The number of pyridine rings is 1. The summed E-state index contributed by atoms with van der Waals surface area (Å²) in [5.74, 6) is 0. The molecule has 1 atom stereocenters. The fourth-order valence-electron chi connectivity index (χ4n) is 2.74. The highest BCUT2D eigenvalue weighted by Crippen LogP contribution is 2.30. The molecule has 1 unspecified atom stereocenters. The van der Waals surface area contributed by atoms with E-state index >= 15 is 0 Å². The van der Waals surface area contributed by atoms with Crippen molar-refractivity contribution in [2.24, 2.45) is 5.73 Å². The molecular formula is C14H15N3O2S2. The smallest absolute Gasteiger partial charge is 0.244 e. The number of rotatable bonds is 3. The van der Waals surface area contributed by atoms with Crippen molar-refractivity contribution in [1.82, 2.24) is 9.29 Å². The molecule has 1 fully saturated rings. The minimum absolute atomic E-state index is 0.231. The lowest BCUT2D eigenvalue weighted by atomic mass is 10.2. The molecule has 21 heavy (non-hydrogen) atoms. The summed E-state index contributed by atoms with van der Waals surface area (Å²) in [4.78, 5) is 4.69. The molecule has 1 aromatic heterocycles. The van der Waals surface area contributed by atoms with Crippen LogP contribution in [-0.4, -0.2) is 35.3 Å². The Hall–Kier alpha value is -1.57. The minimum Gasteiger partial charge on any atom is -0.392 e. The third-order valence-corrected chi connectivity index (χ3v) is 5.96. The van der Waals surface area contributed by atoms with Gasteiger partial charge >= 0.3 is 0 Å². The van der Waals surface area contributed by atoms with Crippen molar-refractivity contribution in [3.05, 3.63) is 36.5 Å². The Balaban J connectivity index is 2.15. The maximum atomic E-state index is 12.9. The first-order valence-electron chi connectivity index (χ1n) is 6.67. The first kappa shape index (κ1) is 14.4. The third kappa shape index (κ3) is 2.41. The number of nitrogens with zero attached hydrogens (tertiary/aromatic N) is 2. The van der Waals surface area contributed by atoms with Crippen LogP contribution in [-0.2, 0) is 10.0 Å². The quantitative estimate of drug-likeness (QED) is 0.870. The lowest BCUT2D eigenvalue weighted by molar-refractivity contribution is 0.447. The van der Waals surface area contributed by atoms with Crippen molar-refractivity contribution in [1.29, 1.82) is 0 Å². The zero-order valence-electron chi connectivity index (χ0n) is 11.3. The minimum atomic E-state index is -3.63. The van der Waals surface area contributed by atoms with E-state index in [1.54, 1.807) is 36.5 Å². The van der Waals surface area contributed by atoms with E-state index in [0.717, 1.165) is 6.42 Å². The van der Waals surface area contributed by atoms with Crippen LogP contribution in [0.2, 0.25) is 0 Å². The second kappa shape index (κ2) is 5.32. The van der Waals surface area contributed by atoms with Crippen LogP contribution >= 0.6 is 12.2 Å². The lowest BCUT2D eigenvalue weighted by Crippen LogP contribution is -2.42. The highest BCUT2D eigenvalue weighted by Gasteiger charge is 2.37. The molecular weight excluding hydrogens is 306 g/mol. The van der Waals surface area contributed by atoms with E-state index in [1.807, 2.05) is 0 Å². The topological polar surface area (TPSA) is 76.3 Å². The van der Waals surface area contributed by atoms with Gasteiger partial charge in [0.2, 0.25) is 10.0 Å². The van der Waals surface area contributed by atoms with Crippen LogP contribution in [0, 0.1) is 0 Å². The Morgan fingerprint density at radius 3 is 2.90 bits per heavy atom. The van der Waals surface area contributed by atoms with Gasteiger partial charge in [-0.05, 0) is 37.1 Å². The molecule has 2 heterocycles. The van der Waals surface area contributed by atoms with Gasteiger partial charge in [-0.25, -0.2) is 8.42 Å². The molecule has 0 bridgehead atoms. The van der Waals surface area contributed by atoms with E-state index in [-0.39, 0.29) is 9.88 Å². The summed E-state index contributed by atoms with van der Waals surface area (Å²) < 4.78 is 27.3. The number of sulfonamides is 1. The van der Waals surface area contributed by atoms with Crippen molar-refractivity contribution < 1.29 is 8.42 Å². The second-order valence-electron chi connectivity index (χ2n) is 5.00. The first-order valence-corrected chi connectivity index (χ1v) is 8.51. The van der Waals surface area contributed by atoms with Gasteiger partial charge in [-0.15, -0.1) is 0 Å². The second-order valence-corrected chi connectivity index (χ2v) is 7.33. The molecule has 1 saturated heterocycles. The standard InChI is InChI=1S/C14H15N3O2S2/c15-14(20)12-6-3-9-17(12)21(18,19)13-7-1-5-11-10(13)4-2-8-16-11/h1-2,4-5,7-8,12H,3,6,9H2,(H2,15,20). The maximum Gasteiger partial charge on any atom is 0.244 e. The molecule has 1 aromatic carbocycles. The zero-order chi connectivity index (χ0) is 15.0. The summed E-state index contributed by atoms with van der Waals surface area (Å²) in [6.45, 7) is 0.445. The fourth-order valence-corrected chi connectivity index (χ4v) is 4.93. The molecule has 0 amide bonds. The van der Waals surface area contributed by atoms with Gasteiger partial charge in [0, 0.05) is 18.1 Å². The Morgan fingerprint density at radius 2 is 2.14 bits per heavy atom. The molecule has 1 aliphatic rings. The van der Waals surface area contributed by atoms with Crippen LogP contribution in [0.15, 0.2) is 41.4 Å². The summed E-state index contributed by atoms with van der Waals surface area (Å²) in [5.41, 5.74) is 6.35. The summed E-state index contributed by atoms with van der Waals surface area (Å²) in [7, 11) is -3.63. The van der Waals surface area contributed by atoms with Crippen LogP contribution in [0.4, 0.5) is 0 Å². The average Bonchev–Trinajstić information content (AvgIpc) is 2.97. The number of hydrogen-bond acceptors (Lipinski definition) is 4.